The molecule has 24 heavy (non-hydrogen) atoms. The van der Waals surface area contributed by atoms with Crippen molar-refractivity contribution in [2.75, 3.05) is 5.32 Å². The highest BCUT2D eigenvalue weighted by molar-refractivity contribution is 6.30. The average molecular weight is 345 g/mol. The van der Waals surface area contributed by atoms with E-state index in [0.29, 0.717) is 28.2 Å². The van der Waals surface area contributed by atoms with E-state index < -0.39 is 5.76 Å². The van der Waals surface area contributed by atoms with Crippen LogP contribution in [0.1, 0.15) is 18.4 Å². The fourth-order valence-electron chi connectivity index (χ4n) is 2.53. The van der Waals surface area contributed by atoms with Crippen LogP contribution < -0.4 is 11.1 Å². The molecule has 1 aromatic heterocycles. The minimum atomic E-state index is -0.420. The number of carbonyl (C=O) groups is 1. The fraction of sp³-hybridized carbons (Fsp3) is 0.222. The van der Waals surface area contributed by atoms with E-state index in [-0.39, 0.29) is 5.91 Å². The fourth-order valence-corrected chi connectivity index (χ4v) is 2.66. The third-order valence-corrected chi connectivity index (χ3v) is 4.11. The van der Waals surface area contributed by atoms with E-state index in [1.807, 2.05) is 24.3 Å². The van der Waals surface area contributed by atoms with Gasteiger partial charge in [0.2, 0.25) is 5.91 Å². The number of hydrogen-bond acceptors (Lipinski definition) is 3. The van der Waals surface area contributed by atoms with Crippen LogP contribution >= 0.6 is 11.6 Å². The number of hydrogen-bond donors (Lipinski definition) is 1. The first kappa shape index (κ1) is 16.3. The Hall–Kier alpha value is -2.53. The van der Waals surface area contributed by atoms with Gasteiger partial charge in [0.05, 0.1) is 5.52 Å². The molecule has 0 bridgehead atoms. The van der Waals surface area contributed by atoms with E-state index in [0.717, 1.165) is 18.4 Å². The molecule has 3 aromatic rings. The van der Waals surface area contributed by atoms with Crippen LogP contribution in [-0.2, 0) is 18.3 Å². The Bertz CT molecular complexity index is 926. The van der Waals surface area contributed by atoms with Crippen LogP contribution in [0.5, 0.6) is 0 Å². The van der Waals surface area contributed by atoms with Gasteiger partial charge in [0.25, 0.3) is 0 Å². The molecule has 0 aliphatic carbocycles. The zero-order valence-corrected chi connectivity index (χ0v) is 14.0. The lowest BCUT2D eigenvalue weighted by atomic mass is 10.1. The largest absolute Gasteiger partial charge is 0.419 e. The van der Waals surface area contributed by atoms with E-state index in [1.54, 1.807) is 25.2 Å². The maximum absolute atomic E-state index is 12.1. The Balaban J connectivity index is 1.57. The number of aryl methyl sites for hydroxylation is 2. The van der Waals surface area contributed by atoms with Gasteiger partial charge in [0.15, 0.2) is 5.58 Å². The third-order valence-electron chi connectivity index (χ3n) is 3.86. The Morgan fingerprint density at radius 3 is 2.71 bits per heavy atom. The molecule has 0 aliphatic heterocycles. The highest BCUT2D eigenvalue weighted by Crippen LogP contribution is 2.18. The number of nitrogens with zero attached hydrogens (tertiary/aromatic N) is 1. The molecule has 0 radical (unpaired) electrons. The molecule has 1 N–H and O–H groups in total. The van der Waals surface area contributed by atoms with Crippen LogP contribution in [0.15, 0.2) is 51.7 Å². The molecule has 0 fully saturated rings. The molecule has 6 heteroatoms. The molecular weight excluding hydrogens is 328 g/mol. The van der Waals surface area contributed by atoms with E-state index in [9.17, 15) is 9.59 Å². The first-order valence-corrected chi connectivity index (χ1v) is 8.04. The molecule has 0 atom stereocenters. The Morgan fingerprint density at radius 1 is 1.21 bits per heavy atom. The highest BCUT2D eigenvalue weighted by atomic mass is 35.5. The molecule has 1 amide bonds. The predicted molar refractivity (Wildman–Crippen MR) is 94.5 cm³/mol. The summed E-state index contributed by atoms with van der Waals surface area (Å²) in [5.74, 6) is -0.478. The Kier molecular flexibility index (Phi) is 4.71. The summed E-state index contributed by atoms with van der Waals surface area (Å²) in [6, 6.07) is 12.8. The lowest BCUT2D eigenvalue weighted by Gasteiger charge is -2.06. The van der Waals surface area contributed by atoms with Gasteiger partial charge in [-0.2, -0.15) is 0 Å². The monoisotopic (exact) mass is 344 g/mol. The van der Waals surface area contributed by atoms with Crippen LogP contribution in [-0.4, -0.2) is 10.5 Å². The number of halogens is 1. The van der Waals surface area contributed by atoms with E-state index in [2.05, 4.69) is 5.32 Å². The molecule has 3 rings (SSSR count). The smallest absolute Gasteiger partial charge is 0.408 e. The number of carbonyl (C=O) groups excluding carboxylic acids is 1. The van der Waals surface area contributed by atoms with Gasteiger partial charge in [-0.05, 0) is 48.7 Å². The van der Waals surface area contributed by atoms with Gasteiger partial charge < -0.3 is 9.73 Å². The maximum Gasteiger partial charge on any atom is 0.419 e. The summed E-state index contributed by atoms with van der Waals surface area (Å²) in [5.41, 5.74) is 2.96. The second-order valence-electron chi connectivity index (χ2n) is 5.64. The van der Waals surface area contributed by atoms with Crippen LogP contribution in [0.4, 0.5) is 5.69 Å². The molecule has 0 saturated carbocycles. The molecule has 0 unspecified atom stereocenters. The minimum Gasteiger partial charge on any atom is -0.408 e. The zero-order valence-electron chi connectivity index (χ0n) is 13.2. The van der Waals surface area contributed by atoms with Crippen LogP contribution in [0.25, 0.3) is 11.1 Å². The van der Waals surface area contributed by atoms with Crippen LogP contribution in [0, 0.1) is 0 Å². The van der Waals surface area contributed by atoms with Gasteiger partial charge in [-0.15, -0.1) is 0 Å². The number of aromatic nitrogens is 1. The average Bonchev–Trinajstić information content (AvgIpc) is 2.84. The second-order valence-corrected chi connectivity index (χ2v) is 6.07. The summed E-state index contributed by atoms with van der Waals surface area (Å²) in [6.07, 6.45) is 1.99. The number of amides is 1. The molecule has 0 aliphatic rings. The number of rotatable bonds is 5. The van der Waals surface area contributed by atoms with E-state index in [1.165, 1.54) is 4.57 Å². The molecule has 1 heterocycles. The summed E-state index contributed by atoms with van der Waals surface area (Å²) >= 11 is 5.85. The number of benzene rings is 2. The van der Waals surface area contributed by atoms with Crippen molar-refractivity contribution in [2.45, 2.75) is 19.3 Å². The van der Waals surface area contributed by atoms with Crippen LogP contribution in [0.3, 0.4) is 0 Å². The van der Waals surface area contributed by atoms with Gasteiger partial charge in [-0.25, -0.2) is 4.79 Å². The summed E-state index contributed by atoms with van der Waals surface area (Å²) < 4.78 is 6.47. The number of oxazole rings is 1. The van der Waals surface area contributed by atoms with Crippen molar-refractivity contribution in [3.05, 3.63) is 63.6 Å². The molecule has 2 aromatic carbocycles. The van der Waals surface area contributed by atoms with Crippen LogP contribution in [0.2, 0.25) is 5.02 Å². The number of nitrogens with one attached hydrogen (secondary N) is 1. The lowest BCUT2D eigenvalue weighted by molar-refractivity contribution is -0.116. The van der Waals surface area contributed by atoms with Crippen molar-refractivity contribution in [3.63, 3.8) is 0 Å². The van der Waals surface area contributed by atoms with Crippen molar-refractivity contribution in [1.82, 2.24) is 4.57 Å². The third kappa shape index (κ3) is 3.68. The Labute approximate surface area is 143 Å². The number of fused-ring (bicyclic) bond motifs is 1. The van der Waals surface area contributed by atoms with Gasteiger partial charge in [-0.3, -0.25) is 9.36 Å². The summed E-state index contributed by atoms with van der Waals surface area (Å²) in [6.45, 7) is 0. The summed E-state index contributed by atoms with van der Waals surface area (Å²) in [4.78, 5) is 23.5. The second kappa shape index (κ2) is 6.93. The van der Waals surface area contributed by atoms with E-state index >= 15 is 0 Å². The molecule has 0 saturated heterocycles. The van der Waals surface area contributed by atoms with Gasteiger partial charge in [0.1, 0.15) is 0 Å². The molecule has 5 nitrogen and oxygen atoms in total. The lowest BCUT2D eigenvalue weighted by Crippen LogP contribution is -2.12. The first-order valence-electron chi connectivity index (χ1n) is 7.67. The standard InChI is InChI=1S/C18H17ClN2O3/c1-21-15-11-14(9-10-16(15)24-18(21)23)20-17(22)4-2-3-12-5-7-13(19)8-6-12/h5-11H,2-4H2,1H3,(H,20,22). The van der Waals surface area contributed by atoms with Crippen molar-refractivity contribution >= 4 is 34.3 Å². The number of anilines is 1. The highest BCUT2D eigenvalue weighted by Gasteiger charge is 2.08. The summed E-state index contributed by atoms with van der Waals surface area (Å²) in [5, 5.41) is 3.56. The van der Waals surface area contributed by atoms with Crippen molar-refractivity contribution in [1.29, 1.82) is 0 Å². The van der Waals surface area contributed by atoms with Crippen molar-refractivity contribution in [3.8, 4) is 0 Å². The minimum absolute atomic E-state index is 0.0585. The molecule has 124 valence electrons. The van der Waals surface area contributed by atoms with Crippen molar-refractivity contribution in [2.24, 2.45) is 7.05 Å². The topological polar surface area (TPSA) is 64.2 Å². The Morgan fingerprint density at radius 2 is 1.96 bits per heavy atom. The summed E-state index contributed by atoms with van der Waals surface area (Å²) in [7, 11) is 1.63. The van der Waals surface area contributed by atoms with Gasteiger partial charge in [0, 0.05) is 24.2 Å². The van der Waals surface area contributed by atoms with Gasteiger partial charge in [-0.1, -0.05) is 23.7 Å². The van der Waals surface area contributed by atoms with Gasteiger partial charge >= 0.3 is 5.76 Å². The maximum atomic E-state index is 12.1. The zero-order chi connectivity index (χ0) is 17.1. The first-order chi connectivity index (χ1) is 11.5. The normalized spacial score (nSPS) is 10.9. The quantitative estimate of drug-likeness (QED) is 0.766. The van der Waals surface area contributed by atoms with Crippen molar-refractivity contribution < 1.29 is 9.21 Å². The SMILES string of the molecule is Cn1c(=O)oc2ccc(NC(=O)CCCc3ccc(Cl)cc3)cc21. The molecule has 0 spiro atoms. The predicted octanol–water partition coefficient (Wildman–Crippen LogP) is 3.75. The molecular formula is C18H17ClN2O3. The van der Waals surface area contributed by atoms with E-state index in [4.69, 9.17) is 16.0 Å².